The molecule has 1 aliphatic rings. The van der Waals surface area contributed by atoms with Gasteiger partial charge in [-0.3, -0.25) is 9.52 Å². The lowest BCUT2D eigenvalue weighted by atomic mass is 9.90. The molecule has 1 N–H and O–H groups in total. The number of thiazole rings is 1. The molecule has 0 unspecified atom stereocenters. The summed E-state index contributed by atoms with van der Waals surface area (Å²) in [6.07, 6.45) is 1.32. The Morgan fingerprint density at radius 2 is 2.10 bits per heavy atom. The van der Waals surface area contributed by atoms with E-state index in [2.05, 4.69) is 9.71 Å². The van der Waals surface area contributed by atoms with Crippen molar-refractivity contribution in [1.29, 1.82) is 0 Å². The highest BCUT2D eigenvalue weighted by Gasteiger charge is 2.50. The predicted octanol–water partition coefficient (Wildman–Crippen LogP) is 1.89. The topological polar surface area (TPSA) is 85.4 Å². The van der Waals surface area contributed by atoms with Crippen LogP contribution in [0.4, 0.5) is 5.13 Å². The minimum absolute atomic E-state index is 0.283. The SMILES string of the molecule is COC(=O)C(C)(C)c1csc(NS(=O)(=O)C2(C)CC2)n1. The molecule has 0 aromatic carbocycles. The number of ether oxygens (including phenoxy) is 1. The Morgan fingerprint density at radius 1 is 1.50 bits per heavy atom. The molecular formula is C12H18N2O4S2. The Morgan fingerprint density at radius 3 is 2.60 bits per heavy atom. The van der Waals surface area contributed by atoms with Crippen molar-refractivity contribution in [1.82, 2.24) is 4.98 Å². The Balaban J connectivity index is 2.20. The third-order valence-corrected chi connectivity index (χ3v) is 6.72. The average molecular weight is 318 g/mol. The van der Waals surface area contributed by atoms with E-state index in [0.29, 0.717) is 18.5 Å². The number of anilines is 1. The predicted molar refractivity (Wildman–Crippen MR) is 77.3 cm³/mol. The first-order valence-corrected chi connectivity index (χ1v) is 8.55. The fourth-order valence-electron chi connectivity index (χ4n) is 1.65. The molecule has 0 amide bonds. The van der Waals surface area contributed by atoms with E-state index in [1.54, 1.807) is 26.2 Å². The second-order valence-corrected chi connectivity index (χ2v) is 8.76. The zero-order chi connectivity index (χ0) is 15.2. The average Bonchev–Trinajstić information content (AvgIpc) is 2.96. The number of hydrogen-bond acceptors (Lipinski definition) is 6. The zero-order valence-corrected chi connectivity index (χ0v) is 13.5. The Kier molecular flexibility index (Phi) is 3.58. The largest absolute Gasteiger partial charge is 0.468 e. The molecule has 1 aliphatic carbocycles. The van der Waals surface area contributed by atoms with E-state index < -0.39 is 26.2 Å². The molecule has 0 aliphatic heterocycles. The molecule has 1 saturated carbocycles. The quantitative estimate of drug-likeness (QED) is 0.838. The molecule has 0 atom stereocenters. The van der Waals surface area contributed by atoms with Crippen molar-refractivity contribution in [3.8, 4) is 0 Å². The van der Waals surface area contributed by atoms with Crippen molar-refractivity contribution < 1.29 is 17.9 Å². The molecule has 0 bridgehead atoms. The summed E-state index contributed by atoms with van der Waals surface area (Å²) < 4.78 is 30.7. The van der Waals surface area contributed by atoms with Crippen LogP contribution in [0, 0.1) is 0 Å². The molecule has 1 aromatic rings. The number of aromatic nitrogens is 1. The van der Waals surface area contributed by atoms with Gasteiger partial charge in [0.1, 0.15) is 5.41 Å². The van der Waals surface area contributed by atoms with Crippen LogP contribution in [-0.2, 0) is 25.0 Å². The minimum Gasteiger partial charge on any atom is -0.468 e. The van der Waals surface area contributed by atoms with Gasteiger partial charge in [0.25, 0.3) is 0 Å². The van der Waals surface area contributed by atoms with E-state index in [4.69, 9.17) is 4.74 Å². The molecule has 0 radical (unpaired) electrons. The maximum absolute atomic E-state index is 12.1. The van der Waals surface area contributed by atoms with E-state index in [-0.39, 0.29) is 5.13 Å². The number of carbonyl (C=O) groups is 1. The Hall–Kier alpha value is -1.15. The molecule has 8 heteroatoms. The van der Waals surface area contributed by atoms with Crippen LogP contribution >= 0.6 is 11.3 Å². The Labute approximate surface area is 122 Å². The molecule has 6 nitrogen and oxygen atoms in total. The van der Waals surface area contributed by atoms with Gasteiger partial charge >= 0.3 is 5.97 Å². The highest BCUT2D eigenvalue weighted by Crippen LogP contribution is 2.43. The standard InChI is InChI=1S/C12H18N2O4S2/c1-11(2,9(15)18-4)8-7-19-10(13-8)14-20(16,17)12(3)5-6-12/h7H,5-6H2,1-4H3,(H,13,14). The summed E-state index contributed by atoms with van der Waals surface area (Å²) in [5.41, 5.74) is -0.411. The van der Waals surface area contributed by atoms with Gasteiger partial charge < -0.3 is 4.74 Å². The highest BCUT2D eigenvalue weighted by molar-refractivity contribution is 7.94. The summed E-state index contributed by atoms with van der Waals surface area (Å²) in [7, 11) is -2.10. The fourth-order valence-corrected chi connectivity index (χ4v) is 4.05. The second-order valence-electron chi connectivity index (χ2n) is 5.71. The number of carbonyl (C=O) groups excluding carboxylic acids is 1. The molecule has 0 spiro atoms. The van der Waals surface area contributed by atoms with Crippen LogP contribution in [0.15, 0.2) is 5.38 Å². The van der Waals surface area contributed by atoms with Crippen molar-refractivity contribution in [3.63, 3.8) is 0 Å². The van der Waals surface area contributed by atoms with Gasteiger partial charge in [-0.2, -0.15) is 0 Å². The summed E-state index contributed by atoms with van der Waals surface area (Å²) in [5.74, 6) is -0.411. The summed E-state index contributed by atoms with van der Waals surface area (Å²) in [6.45, 7) is 5.09. The molecule has 1 heterocycles. The number of hydrogen-bond donors (Lipinski definition) is 1. The van der Waals surface area contributed by atoms with Crippen molar-refractivity contribution >= 4 is 32.5 Å². The van der Waals surface area contributed by atoms with E-state index in [9.17, 15) is 13.2 Å². The first-order chi connectivity index (χ1) is 9.12. The van der Waals surface area contributed by atoms with Gasteiger partial charge in [0, 0.05) is 5.38 Å². The first kappa shape index (κ1) is 15.2. The fraction of sp³-hybridized carbons (Fsp3) is 0.667. The summed E-state index contributed by atoms with van der Waals surface area (Å²) >= 11 is 1.17. The molecule has 1 aromatic heterocycles. The molecule has 112 valence electrons. The molecule has 2 rings (SSSR count). The summed E-state index contributed by atoms with van der Waals surface area (Å²) in [4.78, 5) is 15.9. The molecule has 0 saturated heterocycles. The van der Waals surface area contributed by atoms with E-state index in [0.717, 1.165) is 0 Å². The van der Waals surface area contributed by atoms with Crippen molar-refractivity contribution in [3.05, 3.63) is 11.1 Å². The van der Waals surface area contributed by atoms with Gasteiger partial charge in [0.15, 0.2) is 5.13 Å². The van der Waals surface area contributed by atoms with E-state index in [1.165, 1.54) is 18.4 Å². The number of rotatable bonds is 5. The third kappa shape index (κ3) is 2.54. The molecule has 20 heavy (non-hydrogen) atoms. The normalized spacial score (nSPS) is 17.6. The number of nitrogens with zero attached hydrogens (tertiary/aromatic N) is 1. The maximum atomic E-state index is 12.1. The van der Waals surface area contributed by atoms with Crippen LogP contribution in [0.2, 0.25) is 0 Å². The number of esters is 1. The smallest absolute Gasteiger partial charge is 0.317 e. The lowest BCUT2D eigenvalue weighted by molar-refractivity contribution is -0.146. The summed E-state index contributed by atoms with van der Waals surface area (Å²) in [5, 5.41) is 1.95. The van der Waals surface area contributed by atoms with Gasteiger partial charge in [0.2, 0.25) is 10.0 Å². The van der Waals surface area contributed by atoms with Gasteiger partial charge in [-0.05, 0) is 33.6 Å². The lowest BCUT2D eigenvalue weighted by Crippen LogP contribution is -2.31. The van der Waals surface area contributed by atoms with Gasteiger partial charge in [-0.1, -0.05) is 0 Å². The maximum Gasteiger partial charge on any atom is 0.317 e. The van der Waals surface area contributed by atoms with Crippen LogP contribution in [0.25, 0.3) is 0 Å². The van der Waals surface area contributed by atoms with Crippen LogP contribution < -0.4 is 4.72 Å². The summed E-state index contributed by atoms with van der Waals surface area (Å²) in [6, 6.07) is 0. The molecule has 1 fully saturated rings. The van der Waals surface area contributed by atoms with Gasteiger partial charge in [0.05, 0.1) is 17.6 Å². The number of methoxy groups -OCH3 is 1. The monoisotopic (exact) mass is 318 g/mol. The van der Waals surface area contributed by atoms with E-state index >= 15 is 0 Å². The van der Waals surface area contributed by atoms with Gasteiger partial charge in [-0.25, -0.2) is 13.4 Å². The molecular weight excluding hydrogens is 300 g/mol. The van der Waals surface area contributed by atoms with Crippen molar-refractivity contribution in [2.45, 2.75) is 43.8 Å². The highest BCUT2D eigenvalue weighted by atomic mass is 32.2. The van der Waals surface area contributed by atoms with Gasteiger partial charge in [-0.15, -0.1) is 11.3 Å². The van der Waals surface area contributed by atoms with E-state index in [1.807, 2.05) is 0 Å². The van der Waals surface area contributed by atoms with Crippen LogP contribution in [0.1, 0.15) is 39.3 Å². The van der Waals surface area contributed by atoms with Crippen LogP contribution in [-0.4, -0.2) is 31.2 Å². The third-order valence-electron chi connectivity index (χ3n) is 3.66. The number of sulfonamides is 1. The van der Waals surface area contributed by atoms with Crippen molar-refractivity contribution in [2.24, 2.45) is 0 Å². The Bertz CT molecular complexity index is 630. The minimum atomic E-state index is -3.42. The lowest BCUT2D eigenvalue weighted by Gasteiger charge is -2.18. The zero-order valence-electron chi connectivity index (χ0n) is 11.9. The number of nitrogens with one attached hydrogen (secondary N) is 1. The first-order valence-electron chi connectivity index (χ1n) is 6.19. The van der Waals surface area contributed by atoms with Crippen molar-refractivity contribution in [2.75, 3.05) is 11.8 Å². The second kappa shape index (κ2) is 4.70. The van der Waals surface area contributed by atoms with Crippen LogP contribution in [0.3, 0.4) is 0 Å². The van der Waals surface area contributed by atoms with Crippen LogP contribution in [0.5, 0.6) is 0 Å².